The molecule has 4 rings (SSSR count). The molecule has 0 atom stereocenters. The Morgan fingerprint density at radius 1 is 1.03 bits per heavy atom. The minimum atomic E-state index is -3.87. The van der Waals surface area contributed by atoms with E-state index >= 15 is 0 Å². The Balaban J connectivity index is 1.73. The van der Waals surface area contributed by atoms with Crippen LogP contribution in [0.1, 0.15) is 10.4 Å². The summed E-state index contributed by atoms with van der Waals surface area (Å²) in [4.78, 5) is 12.0. The molecule has 1 amide bonds. The van der Waals surface area contributed by atoms with Gasteiger partial charge >= 0.3 is 0 Å². The Morgan fingerprint density at radius 2 is 1.75 bits per heavy atom. The van der Waals surface area contributed by atoms with Crippen molar-refractivity contribution in [2.45, 2.75) is 0 Å². The molecular weight excluding hydrogens is 478 g/mol. The lowest BCUT2D eigenvalue weighted by Gasteiger charge is -2.10. The summed E-state index contributed by atoms with van der Waals surface area (Å²) < 4.78 is 40.3. The van der Waals surface area contributed by atoms with Crippen LogP contribution < -0.4 is 10.0 Å². The largest absolute Gasteiger partial charge is 0.356 e. The van der Waals surface area contributed by atoms with Crippen LogP contribution in [0.5, 0.6) is 0 Å². The smallest absolute Gasteiger partial charge is 0.267 e. The molecular formula is C21H15Cl2FN4O3S. The first-order valence-electron chi connectivity index (χ1n) is 9.14. The van der Waals surface area contributed by atoms with E-state index in [9.17, 15) is 17.6 Å². The zero-order valence-corrected chi connectivity index (χ0v) is 18.8. The van der Waals surface area contributed by atoms with E-state index in [0.717, 1.165) is 29.8 Å². The van der Waals surface area contributed by atoms with Gasteiger partial charge in [-0.25, -0.2) is 22.2 Å². The maximum absolute atomic E-state index is 14.7. The third kappa shape index (κ3) is 4.55. The summed E-state index contributed by atoms with van der Waals surface area (Å²) in [5, 5.41) is 8.26. The highest BCUT2D eigenvalue weighted by Gasteiger charge is 2.21. The molecule has 4 aromatic rings. The Morgan fingerprint density at radius 3 is 2.44 bits per heavy atom. The average molecular weight is 493 g/mol. The number of fused-ring (bicyclic) bond motifs is 1. The molecule has 0 bridgehead atoms. The molecule has 0 aliphatic carbocycles. The fourth-order valence-corrected chi connectivity index (χ4v) is 4.04. The van der Waals surface area contributed by atoms with Gasteiger partial charge in [-0.1, -0.05) is 41.4 Å². The Kier molecular flexibility index (Phi) is 5.81. The summed E-state index contributed by atoms with van der Waals surface area (Å²) in [5.41, 5.74) is 1.85. The number of rotatable bonds is 5. The fourth-order valence-electron chi connectivity index (χ4n) is 3.13. The van der Waals surface area contributed by atoms with Crippen LogP contribution in [0, 0.1) is 5.82 Å². The minimum Gasteiger partial charge on any atom is -0.356 e. The number of benzene rings is 3. The van der Waals surface area contributed by atoms with Crippen LogP contribution in [0.4, 0.5) is 15.8 Å². The second kappa shape index (κ2) is 8.42. The lowest BCUT2D eigenvalue weighted by molar-refractivity contribution is 0.0978. The molecule has 2 N–H and O–H groups in total. The molecule has 0 aliphatic rings. The Hall–Kier alpha value is -3.14. The van der Waals surface area contributed by atoms with Gasteiger partial charge in [-0.05, 0) is 36.4 Å². The molecule has 0 aliphatic heterocycles. The predicted molar refractivity (Wildman–Crippen MR) is 123 cm³/mol. The third-order valence-electron chi connectivity index (χ3n) is 4.48. The van der Waals surface area contributed by atoms with Crippen LogP contribution in [0.15, 0.2) is 60.7 Å². The summed E-state index contributed by atoms with van der Waals surface area (Å²) in [6.45, 7) is 0. The number of nitrogens with one attached hydrogen (secondary N) is 2. The number of sulfonamides is 1. The normalized spacial score (nSPS) is 11.5. The van der Waals surface area contributed by atoms with Gasteiger partial charge in [-0.15, -0.1) is 0 Å². The summed E-state index contributed by atoms with van der Waals surface area (Å²) in [6, 6.07) is 16.9. The van der Waals surface area contributed by atoms with Crippen LogP contribution in [0.25, 0.3) is 16.6 Å². The number of halogens is 3. The first kappa shape index (κ1) is 22.1. The minimum absolute atomic E-state index is 0.0161. The fraction of sp³-hybridized carbons (Fsp3) is 0.0476. The molecule has 164 valence electrons. The molecule has 0 saturated carbocycles. The van der Waals surface area contributed by atoms with Gasteiger partial charge in [0.2, 0.25) is 10.0 Å². The standard InChI is InChI=1S/C21H15Cl2FN4O3S/c1-32(30,31)27-21(29)14-10-16(22)19(11-17(14)24)28-18-8-7-13(9-15(18)20(23)26-28)25-12-5-3-2-4-6-12/h2-11,25H,1H3,(H,27,29). The number of carbonyl (C=O) groups excluding carboxylic acids is 1. The quantitative estimate of drug-likeness (QED) is 0.413. The van der Waals surface area contributed by atoms with E-state index in [2.05, 4.69) is 10.4 Å². The average Bonchev–Trinajstić information content (AvgIpc) is 3.05. The number of hydrogen-bond donors (Lipinski definition) is 2. The number of anilines is 2. The number of para-hydroxylation sites is 1. The number of nitrogens with zero attached hydrogens (tertiary/aromatic N) is 2. The van der Waals surface area contributed by atoms with Crippen molar-refractivity contribution >= 4 is 61.4 Å². The molecule has 0 unspecified atom stereocenters. The summed E-state index contributed by atoms with van der Waals surface area (Å²) in [6.07, 6.45) is 0.789. The maximum Gasteiger partial charge on any atom is 0.267 e. The van der Waals surface area contributed by atoms with E-state index in [1.807, 2.05) is 36.4 Å². The van der Waals surface area contributed by atoms with Crippen LogP contribution in [-0.4, -0.2) is 30.4 Å². The van der Waals surface area contributed by atoms with E-state index in [1.54, 1.807) is 16.9 Å². The molecule has 3 aromatic carbocycles. The van der Waals surface area contributed by atoms with E-state index < -0.39 is 27.3 Å². The number of carbonyl (C=O) groups is 1. The van der Waals surface area contributed by atoms with Gasteiger partial charge in [0.1, 0.15) is 5.82 Å². The van der Waals surface area contributed by atoms with E-state index in [1.165, 1.54) is 4.68 Å². The molecule has 11 heteroatoms. The van der Waals surface area contributed by atoms with Crippen molar-refractivity contribution < 1.29 is 17.6 Å². The van der Waals surface area contributed by atoms with E-state index in [0.29, 0.717) is 10.9 Å². The zero-order chi connectivity index (χ0) is 23.0. The maximum atomic E-state index is 14.7. The molecule has 1 heterocycles. The molecule has 0 radical (unpaired) electrons. The van der Waals surface area contributed by atoms with Gasteiger partial charge in [-0.2, -0.15) is 5.10 Å². The van der Waals surface area contributed by atoms with Gasteiger partial charge in [-0.3, -0.25) is 4.79 Å². The second-order valence-corrected chi connectivity index (χ2v) is 9.43. The molecule has 0 saturated heterocycles. The highest BCUT2D eigenvalue weighted by atomic mass is 35.5. The Labute approximate surface area is 192 Å². The van der Waals surface area contributed by atoms with Crippen molar-refractivity contribution in [1.29, 1.82) is 0 Å². The first-order chi connectivity index (χ1) is 15.1. The summed E-state index contributed by atoms with van der Waals surface area (Å²) in [7, 11) is -3.87. The Bertz CT molecular complexity index is 1460. The van der Waals surface area contributed by atoms with Gasteiger partial charge in [0, 0.05) is 22.8 Å². The molecule has 32 heavy (non-hydrogen) atoms. The third-order valence-corrected chi connectivity index (χ3v) is 5.62. The highest BCUT2D eigenvalue weighted by Crippen LogP contribution is 2.32. The van der Waals surface area contributed by atoms with Crippen LogP contribution >= 0.6 is 23.2 Å². The van der Waals surface area contributed by atoms with Crippen molar-refractivity contribution in [3.63, 3.8) is 0 Å². The van der Waals surface area contributed by atoms with Crippen LogP contribution in [0.2, 0.25) is 10.2 Å². The van der Waals surface area contributed by atoms with Gasteiger partial charge in [0.15, 0.2) is 5.15 Å². The summed E-state index contributed by atoms with van der Waals surface area (Å²) >= 11 is 12.6. The van der Waals surface area contributed by atoms with Crippen molar-refractivity contribution in [3.8, 4) is 5.69 Å². The topological polar surface area (TPSA) is 93.1 Å². The molecule has 0 spiro atoms. The molecule has 1 aromatic heterocycles. The second-order valence-electron chi connectivity index (χ2n) is 6.91. The van der Waals surface area contributed by atoms with Crippen molar-refractivity contribution in [1.82, 2.24) is 14.5 Å². The summed E-state index contributed by atoms with van der Waals surface area (Å²) in [5.74, 6) is -2.09. The highest BCUT2D eigenvalue weighted by molar-refractivity contribution is 7.89. The van der Waals surface area contributed by atoms with Crippen molar-refractivity contribution in [3.05, 3.63) is 82.2 Å². The number of aromatic nitrogens is 2. The SMILES string of the molecule is CS(=O)(=O)NC(=O)c1cc(Cl)c(-n2nc(Cl)c3cc(Nc4ccccc4)ccc32)cc1F. The van der Waals surface area contributed by atoms with Gasteiger partial charge in [0.25, 0.3) is 5.91 Å². The predicted octanol–water partition coefficient (Wildman–Crippen LogP) is 4.90. The van der Waals surface area contributed by atoms with Crippen molar-refractivity contribution in [2.24, 2.45) is 0 Å². The van der Waals surface area contributed by atoms with Gasteiger partial charge in [0.05, 0.1) is 28.0 Å². The lowest BCUT2D eigenvalue weighted by Crippen LogP contribution is -2.30. The van der Waals surface area contributed by atoms with E-state index in [-0.39, 0.29) is 15.9 Å². The molecule has 7 nitrogen and oxygen atoms in total. The number of amides is 1. The number of hydrogen-bond acceptors (Lipinski definition) is 5. The first-order valence-corrected chi connectivity index (χ1v) is 11.8. The zero-order valence-electron chi connectivity index (χ0n) is 16.4. The van der Waals surface area contributed by atoms with Crippen LogP contribution in [0.3, 0.4) is 0 Å². The molecule has 0 fully saturated rings. The van der Waals surface area contributed by atoms with Crippen molar-refractivity contribution in [2.75, 3.05) is 11.6 Å². The van der Waals surface area contributed by atoms with Gasteiger partial charge < -0.3 is 5.32 Å². The van der Waals surface area contributed by atoms with Crippen LogP contribution in [-0.2, 0) is 10.0 Å². The lowest BCUT2D eigenvalue weighted by atomic mass is 10.1. The monoisotopic (exact) mass is 492 g/mol. The van der Waals surface area contributed by atoms with E-state index in [4.69, 9.17) is 23.2 Å².